The van der Waals surface area contributed by atoms with E-state index in [1.165, 1.54) is 48.7 Å². The molecule has 4 nitrogen and oxygen atoms in total. The number of hydrogen-bond donors (Lipinski definition) is 0. The number of nitrogens with zero attached hydrogens (tertiary/aromatic N) is 4. The van der Waals surface area contributed by atoms with E-state index in [0.29, 0.717) is 10.8 Å². The van der Waals surface area contributed by atoms with Crippen LogP contribution < -0.4 is 15.4 Å². The van der Waals surface area contributed by atoms with Gasteiger partial charge in [-0.3, -0.25) is 0 Å². The number of anilines is 4. The van der Waals surface area contributed by atoms with E-state index in [0.717, 1.165) is 13.1 Å². The molecule has 0 bridgehead atoms. The number of unbranched alkanes of at least 4 members (excludes halogenated alkanes) is 1. The summed E-state index contributed by atoms with van der Waals surface area (Å²) in [7, 11) is 0. The molecule has 0 atom stereocenters. The quantitative estimate of drug-likeness (QED) is 0.329. The summed E-state index contributed by atoms with van der Waals surface area (Å²) in [5.74, 6) is 0. The molecular weight excluding hydrogens is 514 g/mol. The Balaban J connectivity index is 1.33. The van der Waals surface area contributed by atoms with E-state index in [-0.39, 0.29) is 31.8 Å². The van der Waals surface area contributed by atoms with Crippen LogP contribution in [0.5, 0.6) is 0 Å². The van der Waals surface area contributed by atoms with Crippen LogP contribution in [0, 0.1) is 10.8 Å². The molecule has 32 heavy (non-hydrogen) atoms. The molecule has 170 valence electrons. The van der Waals surface area contributed by atoms with Crippen molar-refractivity contribution in [3.8, 4) is 0 Å². The van der Waals surface area contributed by atoms with Gasteiger partial charge in [0.15, 0.2) is 0 Å². The molecule has 0 fully saturated rings. The molecule has 0 N–H and O–H groups in total. The third-order valence-electron chi connectivity index (χ3n) is 5.69. The van der Waals surface area contributed by atoms with E-state index in [2.05, 4.69) is 106 Å². The van der Waals surface area contributed by atoms with Gasteiger partial charge >= 0.3 is 210 Å². The SMILES string of the molecule is CC(C)(C)C[N]1[Ge][N](CCCC[N]2[Ge][N](CC(C)(C)C)c3ccccc32)c2ccccc21. The normalized spacial score (nSPS) is 16.1. The van der Waals surface area contributed by atoms with Crippen LogP contribution in [-0.4, -0.2) is 57.9 Å². The first-order valence-corrected chi connectivity index (χ1v) is 15.7. The van der Waals surface area contributed by atoms with Gasteiger partial charge in [0, 0.05) is 0 Å². The minimum atomic E-state index is -0.285. The van der Waals surface area contributed by atoms with Crippen LogP contribution in [0.1, 0.15) is 54.4 Å². The summed E-state index contributed by atoms with van der Waals surface area (Å²) in [6.07, 6.45) is 2.54. The third kappa shape index (κ3) is 5.80. The van der Waals surface area contributed by atoms with Gasteiger partial charge in [-0.15, -0.1) is 0 Å². The van der Waals surface area contributed by atoms with Gasteiger partial charge in [0.1, 0.15) is 0 Å². The van der Waals surface area contributed by atoms with E-state index >= 15 is 0 Å². The van der Waals surface area contributed by atoms with Crippen molar-refractivity contribution >= 4 is 54.5 Å². The third-order valence-corrected chi connectivity index (χ3v) is 11.3. The minimum absolute atomic E-state index is 0.285. The summed E-state index contributed by atoms with van der Waals surface area (Å²) >= 11 is -0.570. The fourth-order valence-electron chi connectivity index (χ4n) is 4.42. The average molecular weight is 552 g/mol. The second-order valence-electron chi connectivity index (χ2n) is 11.5. The van der Waals surface area contributed by atoms with Gasteiger partial charge in [-0.1, -0.05) is 0 Å². The predicted molar refractivity (Wildman–Crippen MR) is 142 cm³/mol. The molecule has 0 spiro atoms. The van der Waals surface area contributed by atoms with E-state index in [1.54, 1.807) is 0 Å². The Morgan fingerprint density at radius 1 is 0.531 bits per heavy atom. The number of hydrogen-bond acceptors (Lipinski definition) is 4. The van der Waals surface area contributed by atoms with Crippen LogP contribution in [0.3, 0.4) is 0 Å². The summed E-state index contributed by atoms with van der Waals surface area (Å²) in [4.78, 5) is 0. The standard InChI is InChI=1S/C26H38Ge2N4/c1-25(2,3)19-31-23-15-9-7-13-21(23)29(27-31)17-11-12-18-30-22-14-8-10-16-24(22)32(28-30)20-26(4,5)6/h7-10,13-16H,11-12,17-20H2,1-6H3. The first-order chi connectivity index (χ1) is 15.1. The Morgan fingerprint density at radius 2 is 0.844 bits per heavy atom. The van der Waals surface area contributed by atoms with E-state index < -0.39 is 0 Å². The predicted octanol–water partition coefficient (Wildman–Crippen LogP) is 5.58. The molecule has 2 aliphatic rings. The summed E-state index contributed by atoms with van der Waals surface area (Å²) in [6, 6.07) is 18.1. The number of fused-ring (bicyclic) bond motifs is 2. The van der Waals surface area contributed by atoms with Crippen molar-refractivity contribution in [2.24, 2.45) is 10.8 Å². The number of para-hydroxylation sites is 4. The fraction of sp³-hybridized carbons (Fsp3) is 0.538. The summed E-state index contributed by atoms with van der Waals surface area (Å²) in [5, 5.41) is 0. The topological polar surface area (TPSA) is 13.0 Å². The molecule has 0 aromatic heterocycles. The molecule has 2 heterocycles. The maximum absolute atomic E-state index is 2.71. The first kappa shape index (κ1) is 23.9. The van der Waals surface area contributed by atoms with Crippen molar-refractivity contribution in [1.29, 1.82) is 0 Å². The van der Waals surface area contributed by atoms with Crippen LogP contribution in [0.25, 0.3) is 0 Å². The molecule has 0 amide bonds. The van der Waals surface area contributed by atoms with Crippen LogP contribution >= 0.6 is 0 Å². The van der Waals surface area contributed by atoms with Crippen molar-refractivity contribution in [2.75, 3.05) is 41.6 Å². The van der Waals surface area contributed by atoms with Crippen LogP contribution in [0.15, 0.2) is 48.5 Å². The summed E-state index contributed by atoms with van der Waals surface area (Å²) < 4.78 is 10.8. The molecule has 2 aliphatic heterocycles. The number of rotatable bonds is 7. The Labute approximate surface area is 209 Å². The molecule has 6 heteroatoms. The van der Waals surface area contributed by atoms with Gasteiger partial charge < -0.3 is 0 Å². The zero-order valence-electron chi connectivity index (χ0n) is 20.7. The second-order valence-corrected chi connectivity index (χ2v) is 16.9. The summed E-state index contributed by atoms with van der Waals surface area (Å²) in [6.45, 7) is 18.8. The Kier molecular flexibility index (Phi) is 7.11. The van der Waals surface area contributed by atoms with Gasteiger partial charge in [0.25, 0.3) is 0 Å². The zero-order valence-corrected chi connectivity index (χ0v) is 24.8. The molecule has 0 aliphatic carbocycles. The van der Waals surface area contributed by atoms with E-state index in [9.17, 15) is 0 Å². The summed E-state index contributed by atoms with van der Waals surface area (Å²) in [5.41, 5.74) is 6.51. The Morgan fingerprint density at radius 3 is 1.16 bits per heavy atom. The number of benzene rings is 2. The van der Waals surface area contributed by atoms with Gasteiger partial charge in [-0.05, 0) is 0 Å². The van der Waals surface area contributed by atoms with Gasteiger partial charge in [0.2, 0.25) is 0 Å². The molecule has 2 aromatic carbocycles. The van der Waals surface area contributed by atoms with E-state index in [1.807, 2.05) is 0 Å². The van der Waals surface area contributed by atoms with E-state index in [4.69, 9.17) is 0 Å². The second kappa shape index (κ2) is 9.53. The Hall–Kier alpha value is -1.27. The molecule has 4 radical (unpaired) electrons. The van der Waals surface area contributed by atoms with Crippen molar-refractivity contribution in [3.05, 3.63) is 48.5 Å². The van der Waals surface area contributed by atoms with Crippen LogP contribution in [0.4, 0.5) is 22.7 Å². The Bertz CT molecular complexity index is 843. The average Bonchev–Trinajstić information content (AvgIpc) is 3.22. The monoisotopic (exact) mass is 554 g/mol. The molecule has 0 saturated carbocycles. The van der Waals surface area contributed by atoms with Crippen molar-refractivity contribution in [3.63, 3.8) is 0 Å². The van der Waals surface area contributed by atoms with Crippen molar-refractivity contribution < 1.29 is 0 Å². The zero-order chi connectivity index (χ0) is 22.9. The maximum atomic E-state index is 2.71. The van der Waals surface area contributed by atoms with Crippen molar-refractivity contribution in [2.45, 2.75) is 54.4 Å². The fourth-order valence-corrected chi connectivity index (χ4v) is 11.5. The molecule has 0 saturated heterocycles. The molecule has 0 unspecified atom stereocenters. The molecule has 2 aromatic rings. The van der Waals surface area contributed by atoms with Crippen molar-refractivity contribution in [1.82, 2.24) is 0 Å². The van der Waals surface area contributed by atoms with Gasteiger partial charge in [-0.2, -0.15) is 0 Å². The van der Waals surface area contributed by atoms with Crippen LogP contribution in [0.2, 0.25) is 0 Å². The van der Waals surface area contributed by atoms with Crippen LogP contribution in [-0.2, 0) is 0 Å². The molecular formula is C26H38Ge2N4. The van der Waals surface area contributed by atoms with Gasteiger partial charge in [-0.25, -0.2) is 0 Å². The van der Waals surface area contributed by atoms with Gasteiger partial charge in [0.05, 0.1) is 0 Å². The first-order valence-electron chi connectivity index (χ1n) is 11.9. The molecule has 4 rings (SSSR count).